The average molecular weight is 729 g/mol. The second-order valence-corrected chi connectivity index (χ2v) is 12.0. The molecule has 0 bridgehead atoms. The lowest BCUT2D eigenvalue weighted by Crippen LogP contribution is -2.50. The summed E-state index contributed by atoms with van der Waals surface area (Å²) in [5.74, 6) is -0.275. The molecule has 4 aromatic rings. The van der Waals surface area contributed by atoms with Gasteiger partial charge < -0.3 is 24.6 Å². The molecule has 0 unspecified atom stereocenters. The van der Waals surface area contributed by atoms with Crippen LogP contribution in [0.5, 0.6) is 11.5 Å². The van der Waals surface area contributed by atoms with E-state index in [1.165, 1.54) is 18.2 Å². The summed E-state index contributed by atoms with van der Waals surface area (Å²) in [6, 6.07) is 23.9. The molecule has 4 aromatic carbocycles. The van der Waals surface area contributed by atoms with Crippen LogP contribution in [0.1, 0.15) is 40.3 Å². The third-order valence-electron chi connectivity index (χ3n) is 7.77. The minimum absolute atomic E-state index is 0.00863. The number of aliphatic hydroxyl groups excluding tert-OH is 1. The average Bonchev–Trinajstić information content (AvgIpc) is 3.47. The maximum absolute atomic E-state index is 14.6. The third-order valence-corrected chi connectivity index (χ3v) is 8.33. The molecule has 15 heteroatoms. The van der Waals surface area contributed by atoms with Crippen molar-refractivity contribution < 1.29 is 37.3 Å². The Labute approximate surface area is 295 Å². The van der Waals surface area contributed by atoms with Gasteiger partial charge in [0.1, 0.15) is 11.5 Å². The number of carbonyl (C=O) groups excluding carboxylic acids is 1. The molecule has 1 heterocycles. The SMILES string of the molecule is [N-]=[N+]=NCc1ccccc1C[C@@]1(C(=O)NCc2ccc(OC(F)(F)F)cc2)N=C(c2ccc(OCCCO)cc2)O[C@@H]1c1ccc(Cl)cc1Cl. The van der Waals surface area contributed by atoms with Crippen molar-refractivity contribution in [3.8, 4) is 11.5 Å². The van der Waals surface area contributed by atoms with Gasteiger partial charge in [0.05, 0.1) is 13.2 Å². The van der Waals surface area contributed by atoms with Gasteiger partial charge in [-0.3, -0.25) is 4.79 Å². The van der Waals surface area contributed by atoms with Gasteiger partial charge in [-0.05, 0) is 70.8 Å². The van der Waals surface area contributed by atoms with Crippen molar-refractivity contribution in [2.75, 3.05) is 13.2 Å². The maximum Gasteiger partial charge on any atom is 0.573 e. The van der Waals surface area contributed by atoms with Crippen LogP contribution in [0.4, 0.5) is 13.2 Å². The molecule has 5 rings (SSSR count). The van der Waals surface area contributed by atoms with Crippen molar-refractivity contribution in [1.82, 2.24) is 5.32 Å². The first-order chi connectivity index (χ1) is 24.0. The molecule has 0 saturated carbocycles. The highest BCUT2D eigenvalue weighted by Gasteiger charge is 2.54. The molecule has 0 aromatic heterocycles. The minimum Gasteiger partial charge on any atom is -0.494 e. The molecule has 0 aliphatic carbocycles. The topological polar surface area (TPSA) is 138 Å². The number of rotatable bonds is 14. The molecule has 2 N–H and O–H groups in total. The van der Waals surface area contributed by atoms with Crippen LogP contribution in [0.25, 0.3) is 10.4 Å². The quantitative estimate of drug-likeness (QED) is 0.0583. The summed E-state index contributed by atoms with van der Waals surface area (Å²) in [6.07, 6.45) is -5.49. The van der Waals surface area contributed by atoms with E-state index in [0.29, 0.717) is 51.6 Å². The number of carbonyl (C=O) groups is 1. The molecule has 0 saturated heterocycles. The smallest absolute Gasteiger partial charge is 0.494 e. The van der Waals surface area contributed by atoms with E-state index in [0.717, 1.165) is 12.1 Å². The fraction of sp³-hybridized carbons (Fsp3) is 0.257. The summed E-state index contributed by atoms with van der Waals surface area (Å²) in [5, 5.41) is 16.3. The van der Waals surface area contributed by atoms with Crippen molar-refractivity contribution >= 4 is 35.0 Å². The van der Waals surface area contributed by atoms with Gasteiger partial charge in [0.2, 0.25) is 5.90 Å². The molecule has 0 spiro atoms. The Morgan fingerprint density at radius 3 is 2.38 bits per heavy atom. The van der Waals surface area contributed by atoms with Crippen LogP contribution < -0.4 is 14.8 Å². The fourth-order valence-corrected chi connectivity index (χ4v) is 5.91. The molecular formula is C35H30Cl2F3N5O5. The van der Waals surface area contributed by atoms with Crippen LogP contribution in [0, 0.1) is 0 Å². The molecule has 0 fully saturated rings. The Kier molecular flexibility index (Phi) is 11.8. The van der Waals surface area contributed by atoms with E-state index in [-0.39, 0.29) is 37.0 Å². The van der Waals surface area contributed by atoms with E-state index in [2.05, 4.69) is 20.1 Å². The molecular weight excluding hydrogens is 698 g/mol. The van der Waals surface area contributed by atoms with Crippen molar-refractivity contribution in [1.29, 1.82) is 0 Å². The number of hydrogen-bond donors (Lipinski definition) is 2. The number of amides is 1. The first-order valence-electron chi connectivity index (χ1n) is 15.3. The lowest BCUT2D eigenvalue weighted by atomic mass is 9.80. The number of alkyl halides is 3. The van der Waals surface area contributed by atoms with E-state index < -0.39 is 29.7 Å². The highest BCUT2D eigenvalue weighted by atomic mass is 35.5. The Balaban J connectivity index is 1.57. The van der Waals surface area contributed by atoms with Gasteiger partial charge in [-0.25, -0.2) is 4.99 Å². The van der Waals surface area contributed by atoms with Crippen molar-refractivity contribution in [3.63, 3.8) is 0 Å². The van der Waals surface area contributed by atoms with Gasteiger partial charge in [0.15, 0.2) is 11.6 Å². The molecule has 1 aliphatic heterocycles. The number of azide groups is 1. The minimum atomic E-state index is -4.85. The van der Waals surface area contributed by atoms with Crippen LogP contribution in [-0.4, -0.2) is 42.0 Å². The summed E-state index contributed by atoms with van der Waals surface area (Å²) >= 11 is 13.0. The number of aliphatic hydroxyl groups is 1. The zero-order chi connectivity index (χ0) is 35.7. The summed E-state index contributed by atoms with van der Waals surface area (Å²) in [6.45, 7) is 0.254. The summed E-state index contributed by atoms with van der Waals surface area (Å²) in [5.41, 5.74) is 10.1. The number of benzene rings is 4. The van der Waals surface area contributed by atoms with Crippen molar-refractivity contribution in [3.05, 3.63) is 139 Å². The number of ether oxygens (including phenoxy) is 3. The molecule has 50 heavy (non-hydrogen) atoms. The van der Waals surface area contributed by atoms with Crippen LogP contribution in [-0.2, 0) is 29.0 Å². The van der Waals surface area contributed by atoms with Crippen molar-refractivity contribution in [2.45, 2.75) is 43.9 Å². The highest BCUT2D eigenvalue weighted by Crippen LogP contribution is 2.45. The molecule has 2 atom stereocenters. The molecule has 0 radical (unpaired) electrons. The van der Waals surface area contributed by atoms with Crippen LogP contribution in [0.3, 0.4) is 0 Å². The Hall–Kier alpha value is -4.94. The van der Waals surface area contributed by atoms with E-state index >= 15 is 0 Å². The summed E-state index contributed by atoms with van der Waals surface area (Å²) < 4.78 is 54.2. The monoisotopic (exact) mass is 727 g/mol. The van der Waals surface area contributed by atoms with E-state index in [4.69, 9.17) is 48.3 Å². The Morgan fingerprint density at radius 2 is 1.72 bits per heavy atom. The van der Waals surface area contributed by atoms with Gasteiger partial charge in [0.25, 0.3) is 5.91 Å². The summed E-state index contributed by atoms with van der Waals surface area (Å²) in [4.78, 5) is 22.4. The number of hydrogen-bond acceptors (Lipinski definition) is 7. The molecule has 1 amide bonds. The van der Waals surface area contributed by atoms with Gasteiger partial charge in [-0.2, -0.15) is 0 Å². The first kappa shape index (κ1) is 36.3. The van der Waals surface area contributed by atoms with Crippen LogP contribution in [0.15, 0.2) is 101 Å². The van der Waals surface area contributed by atoms with Crippen LogP contribution >= 0.6 is 23.2 Å². The fourth-order valence-electron chi connectivity index (χ4n) is 5.40. The third kappa shape index (κ3) is 8.99. The second kappa shape index (κ2) is 16.2. The van der Waals surface area contributed by atoms with Gasteiger partial charge in [-0.1, -0.05) is 70.8 Å². The predicted molar refractivity (Wildman–Crippen MR) is 181 cm³/mol. The maximum atomic E-state index is 14.6. The zero-order valence-electron chi connectivity index (χ0n) is 26.2. The normalized spacial score (nSPS) is 16.9. The Morgan fingerprint density at radius 1 is 1.02 bits per heavy atom. The molecule has 260 valence electrons. The Bertz CT molecular complexity index is 1890. The summed E-state index contributed by atoms with van der Waals surface area (Å²) in [7, 11) is 0. The molecule has 10 nitrogen and oxygen atoms in total. The van der Waals surface area contributed by atoms with Gasteiger partial charge >= 0.3 is 6.36 Å². The van der Waals surface area contributed by atoms with Gasteiger partial charge in [-0.15, -0.1) is 13.2 Å². The van der Waals surface area contributed by atoms with Crippen molar-refractivity contribution in [2.24, 2.45) is 10.1 Å². The van der Waals surface area contributed by atoms with E-state index in [9.17, 15) is 18.0 Å². The van der Waals surface area contributed by atoms with Crippen LogP contribution in [0.2, 0.25) is 10.0 Å². The largest absolute Gasteiger partial charge is 0.573 e. The lowest BCUT2D eigenvalue weighted by Gasteiger charge is -2.32. The van der Waals surface area contributed by atoms with E-state index in [1.807, 2.05) is 0 Å². The van der Waals surface area contributed by atoms with E-state index in [1.54, 1.807) is 60.7 Å². The number of nitrogens with zero attached hydrogens (tertiary/aromatic N) is 4. The zero-order valence-corrected chi connectivity index (χ0v) is 27.8. The number of nitrogens with one attached hydrogen (secondary N) is 1. The first-order valence-corrected chi connectivity index (χ1v) is 16.0. The highest BCUT2D eigenvalue weighted by molar-refractivity contribution is 6.35. The standard InChI is InChI=1S/C35H30Cl2F3N5O5/c36-26-10-15-29(30(37)18-26)31-34(19-24-4-1-2-5-25(24)21-43-45-41,33(47)42-20-22-6-11-28(12-7-22)50-35(38,39)40)44-32(49-31)23-8-13-27(14-9-23)48-17-3-16-46/h1-2,4-15,18,31,46H,3,16-17,19-21H2,(H,42,47)/t31-,34-/m1/s1. The number of aliphatic imine (C=N–C) groups is 1. The lowest BCUT2D eigenvalue weighted by molar-refractivity contribution is -0.274. The second-order valence-electron chi connectivity index (χ2n) is 11.2. The molecule has 1 aliphatic rings. The predicted octanol–water partition coefficient (Wildman–Crippen LogP) is 8.28. The number of halogens is 5. The van der Waals surface area contributed by atoms with Gasteiger partial charge in [0, 0.05) is 52.1 Å².